The van der Waals surface area contributed by atoms with Gasteiger partial charge in [-0.3, -0.25) is 9.59 Å². The highest BCUT2D eigenvalue weighted by molar-refractivity contribution is 5.89. The van der Waals surface area contributed by atoms with Crippen LogP contribution in [-0.2, 0) is 9.59 Å². The van der Waals surface area contributed by atoms with Crippen LogP contribution in [0, 0.1) is 5.92 Å². The molecule has 0 spiro atoms. The monoisotopic (exact) mass is 300 g/mol. The van der Waals surface area contributed by atoms with Crippen molar-refractivity contribution in [2.24, 2.45) is 5.92 Å². The zero-order valence-electron chi connectivity index (χ0n) is 13.0. The first-order chi connectivity index (χ1) is 10.8. The van der Waals surface area contributed by atoms with E-state index in [1.807, 2.05) is 18.2 Å². The van der Waals surface area contributed by atoms with E-state index in [1.165, 1.54) is 12.8 Å². The van der Waals surface area contributed by atoms with E-state index >= 15 is 0 Å². The van der Waals surface area contributed by atoms with E-state index in [0.29, 0.717) is 19.0 Å². The van der Waals surface area contributed by atoms with Crippen molar-refractivity contribution in [2.75, 3.05) is 19.6 Å². The van der Waals surface area contributed by atoms with Crippen LogP contribution in [0.15, 0.2) is 30.3 Å². The Bertz CT molecular complexity index is 523. The Morgan fingerprint density at radius 1 is 1.14 bits per heavy atom. The van der Waals surface area contributed by atoms with Crippen LogP contribution in [0.25, 0.3) is 0 Å². The Morgan fingerprint density at radius 3 is 2.59 bits per heavy atom. The highest BCUT2D eigenvalue weighted by Crippen LogP contribution is 2.38. The van der Waals surface area contributed by atoms with Gasteiger partial charge in [0.15, 0.2) is 0 Å². The smallest absolute Gasteiger partial charge is 0.239 e. The molecule has 0 bridgehead atoms. The standard InChI is InChI=1S/C18H24N2O2/c21-16-13-20(12-6-11-19-16)18(22)17(15-9-4-5-10-15)14-7-2-1-3-8-14/h1-3,7-8,15,17H,4-6,9-13H2,(H,19,21)/t17-/m1/s1. The maximum atomic E-state index is 13.1. The molecule has 1 aromatic carbocycles. The van der Waals surface area contributed by atoms with Gasteiger partial charge in [-0.2, -0.15) is 0 Å². The van der Waals surface area contributed by atoms with Crippen LogP contribution in [0.3, 0.4) is 0 Å². The molecule has 0 radical (unpaired) electrons. The molecule has 4 nitrogen and oxygen atoms in total. The van der Waals surface area contributed by atoms with E-state index in [0.717, 1.165) is 24.8 Å². The van der Waals surface area contributed by atoms with Gasteiger partial charge in [-0.15, -0.1) is 0 Å². The van der Waals surface area contributed by atoms with Crippen LogP contribution >= 0.6 is 0 Å². The summed E-state index contributed by atoms with van der Waals surface area (Å²) in [6.07, 6.45) is 5.49. The van der Waals surface area contributed by atoms with Crippen molar-refractivity contribution in [3.8, 4) is 0 Å². The third-order valence-corrected chi connectivity index (χ3v) is 4.87. The van der Waals surface area contributed by atoms with E-state index in [9.17, 15) is 9.59 Å². The Labute approximate surface area is 131 Å². The molecule has 1 N–H and O–H groups in total. The third kappa shape index (κ3) is 3.32. The molecule has 1 aliphatic heterocycles. The molecule has 1 atom stereocenters. The molecule has 0 aromatic heterocycles. The van der Waals surface area contributed by atoms with Crippen LogP contribution in [0.1, 0.15) is 43.6 Å². The summed E-state index contributed by atoms with van der Waals surface area (Å²) in [4.78, 5) is 26.7. The van der Waals surface area contributed by atoms with E-state index in [2.05, 4.69) is 17.4 Å². The number of amides is 2. The Morgan fingerprint density at radius 2 is 1.86 bits per heavy atom. The summed E-state index contributed by atoms with van der Waals surface area (Å²) in [6.45, 7) is 1.55. The quantitative estimate of drug-likeness (QED) is 0.931. The van der Waals surface area contributed by atoms with E-state index < -0.39 is 0 Å². The molecule has 1 heterocycles. The molecular weight excluding hydrogens is 276 g/mol. The summed E-state index contributed by atoms with van der Waals surface area (Å²) in [5, 5.41) is 2.84. The number of carbonyl (C=O) groups excluding carboxylic acids is 2. The van der Waals surface area contributed by atoms with Crippen molar-refractivity contribution < 1.29 is 9.59 Å². The second-order valence-electron chi connectivity index (χ2n) is 6.40. The molecule has 22 heavy (non-hydrogen) atoms. The lowest BCUT2D eigenvalue weighted by Gasteiger charge is -2.29. The van der Waals surface area contributed by atoms with Crippen molar-refractivity contribution in [2.45, 2.75) is 38.0 Å². The van der Waals surface area contributed by atoms with Crippen molar-refractivity contribution in [1.29, 1.82) is 0 Å². The van der Waals surface area contributed by atoms with E-state index in [-0.39, 0.29) is 24.3 Å². The Kier molecular flexibility index (Phi) is 4.76. The Hall–Kier alpha value is -1.84. The fraction of sp³-hybridized carbons (Fsp3) is 0.556. The summed E-state index contributed by atoms with van der Waals surface area (Å²) < 4.78 is 0. The first-order valence-corrected chi connectivity index (χ1v) is 8.36. The second kappa shape index (κ2) is 6.95. The summed E-state index contributed by atoms with van der Waals surface area (Å²) in [6, 6.07) is 10.1. The minimum atomic E-state index is -0.0883. The summed E-state index contributed by atoms with van der Waals surface area (Å²) in [7, 11) is 0. The fourth-order valence-corrected chi connectivity index (χ4v) is 3.76. The number of hydrogen-bond donors (Lipinski definition) is 1. The largest absolute Gasteiger partial charge is 0.354 e. The Balaban J connectivity index is 1.84. The van der Waals surface area contributed by atoms with Crippen LogP contribution < -0.4 is 5.32 Å². The van der Waals surface area contributed by atoms with Gasteiger partial charge in [-0.25, -0.2) is 0 Å². The van der Waals surface area contributed by atoms with Gasteiger partial charge in [-0.05, 0) is 30.7 Å². The summed E-state index contributed by atoms with van der Waals surface area (Å²) >= 11 is 0. The van der Waals surface area contributed by atoms with Crippen LogP contribution in [-0.4, -0.2) is 36.3 Å². The predicted octanol–water partition coefficient (Wildman–Crippen LogP) is 2.31. The van der Waals surface area contributed by atoms with Gasteiger partial charge in [-0.1, -0.05) is 43.2 Å². The molecule has 2 amide bonds. The van der Waals surface area contributed by atoms with Gasteiger partial charge < -0.3 is 10.2 Å². The number of nitrogens with zero attached hydrogens (tertiary/aromatic N) is 1. The van der Waals surface area contributed by atoms with Gasteiger partial charge in [0.2, 0.25) is 11.8 Å². The van der Waals surface area contributed by atoms with Crippen LogP contribution in [0.4, 0.5) is 0 Å². The van der Waals surface area contributed by atoms with Crippen molar-refractivity contribution >= 4 is 11.8 Å². The van der Waals surface area contributed by atoms with Gasteiger partial charge >= 0.3 is 0 Å². The number of rotatable bonds is 3. The third-order valence-electron chi connectivity index (χ3n) is 4.87. The van der Waals surface area contributed by atoms with Crippen molar-refractivity contribution in [3.05, 3.63) is 35.9 Å². The SMILES string of the molecule is O=C1CN(C(=O)[C@H](c2ccccc2)C2CCCC2)CCCN1. The zero-order chi connectivity index (χ0) is 15.4. The normalized spacial score (nSPS) is 21.3. The first-order valence-electron chi connectivity index (χ1n) is 8.36. The number of hydrogen-bond acceptors (Lipinski definition) is 2. The lowest BCUT2D eigenvalue weighted by atomic mass is 9.83. The van der Waals surface area contributed by atoms with Crippen LogP contribution in [0.2, 0.25) is 0 Å². The maximum Gasteiger partial charge on any atom is 0.239 e. The predicted molar refractivity (Wildman–Crippen MR) is 85.3 cm³/mol. The van der Waals surface area contributed by atoms with Gasteiger partial charge in [0.05, 0.1) is 12.5 Å². The molecule has 2 fully saturated rings. The lowest BCUT2D eigenvalue weighted by Crippen LogP contribution is -2.41. The van der Waals surface area contributed by atoms with Crippen LogP contribution in [0.5, 0.6) is 0 Å². The topological polar surface area (TPSA) is 49.4 Å². The minimum Gasteiger partial charge on any atom is -0.354 e. The first kappa shape index (κ1) is 15.1. The molecule has 1 aromatic rings. The number of benzene rings is 1. The zero-order valence-corrected chi connectivity index (χ0v) is 13.0. The van der Waals surface area contributed by atoms with E-state index in [4.69, 9.17) is 0 Å². The summed E-state index contributed by atoms with van der Waals surface area (Å²) in [5.74, 6) is 0.426. The molecule has 1 aliphatic carbocycles. The molecule has 1 saturated heterocycles. The number of nitrogens with one attached hydrogen (secondary N) is 1. The molecule has 3 rings (SSSR count). The fourth-order valence-electron chi connectivity index (χ4n) is 3.76. The highest BCUT2D eigenvalue weighted by atomic mass is 16.2. The minimum absolute atomic E-state index is 0.0379. The molecule has 2 aliphatic rings. The van der Waals surface area contributed by atoms with Crippen molar-refractivity contribution in [1.82, 2.24) is 10.2 Å². The van der Waals surface area contributed by atoms with E-state index in [1.54, 1.807) is 4.90 Å². The molecule has 118 valence electrons. The average Bonchev–Trinajstić information content (AvgIpc) is 2.96. The van der Waals surface area contributed by atoms with Gasteiger partial charge in [0, 0.05) is 13.1 Å². The molecule has 4 heteroatoms. The summed E-state index contributed by atoms with van der Waals surface area (Å²) in [5.41, 5.74) is 1.10. The van der Waals surface area contributed by atoms with Crippen molar-refractivity contribution in [3.63, 3.8) is 0 Å². The van der Waals surface area contributed by atoms with Gasteiger partial charge in [0.1, 0.15) is 0 Å². The average molecular weight is 300 g/mol. The molecule has 1 saturated carbocycles. The van der Waals surface area contributed by atoms with Gasteiger partial charge in [0.25, 0.3) is 0 Å². The number of carbonyl (C=O) groups is 2. The second-order valence-corrected chi connectivity index (χ2v) is 6.40. The molecule has 0 unspecified atom stereocenters. The highest BCUT2D eigenvalue weighted by Gasteiger charge is 2.35. The lowest BCUT2D eigenvalue weighted by molar-refractivity contribution is -0.137. The molecular formula is C18H24N2O2. The maximum absolute atomic E-state index is 13.1.